The van der Waals surface area contributed by atoms with E-state index < -0.39 is 11.4 Å². The maximum absolute atomic E-state index is 11.8. The minimum atomic E-state index is -0.887. The predicted molar refractivity (Wildman–Crippen MR) is 81.3 cm³/mol. The van der Waals surface area contributed by atoms with Crippen LogP contribution in [0.15, 0.2) is 29.4 Å². The van der Waals surface area contributed by atoms with Gasteiger partial charge in [0, 0.05) is 6.42 Å². The number of esters is 1. The van der Waals surface area contributed by atoms with Crippen molar-refractivity contribution in [1.82, 2.24) is 0 Å². The molecule has 0 aliphatic rings. The summed E-state index contributed by atoms with van der Waals surface area (Å²) in [5.74, 6) is -0.814. The van der Waals surface area contributed by atoms with Crippen LogP contribution >= 0.6 is 0 Å². The van der Waals surface area contributed by atoms with Crippen LogP contribution in [0, 0.1) is 5.41 Å². The molecule has 120 valence electrons. The molecule has 0 saturated heterocycles. The first-order valence-corrected chi connectivity index (χ1v) is 6.99. The molecule has 2 N–H and O–H groups in total. The maximum Gasteiger partial charge on any atom is 0.316 e. The van der Waals surface area contributed by atoms with Crippen LogP contribution in [-0.4, -0.2) is 28.0 Å². The number of rotatable bonds is 6. The molecule has 0 bridgehead atoms. The van der Waals surface area contributed by atoms with E-state index in [1.807, 2.05) is 0 Å². The van der Waals surface area contributed by atoms with Gasteiger partial charge in [0.25, 0.3) is 0 Å². The highest BCUT2D eigenvalue weighted by atomic mass is 16.5. The summed E-state index contributed by atoms with van der Waals surface area (Å²) in [6.45, 7) is 5.30. The van der Waals surface area contributed by atoms with Gasteiger partial charge in [-0.25, -0.2) is 0 Å². The van der Waals surface area contributed by atoms with Crippen molar-refractivity contribution in [2.75, 3.05) is 0 Å². The molecule has 0 aliphatic carbocycles. The summed E-state index contributed by atoms with van der Waals surface area (Å²) < 4.78 is 5.24. The smallest absolute Gasteiger partial charge is 0.316 e. The Kier molecular flexibility index (Phi) is 6.10. The Morgan fingerprint density at radius 3 is 2.18 bits per heavy atom. The molecule has 0 radical (unpaired) electrons. The molecule has 22 heavy (non-hydrogen) atoms. The Labute approximate surface area is 129 Å². The minimum Gasteiger partial charge on any atom is -0.481 e. The van der Waals surface area contributed by atoms with Crippen molar-refractivity contribution in [2.45, 2.75) is 40.0 Å². The third-order valence-corrected chi connectivity index (χ3v) is 2.94. The van der Waals surface area contributed by atoms with Crippen LogP contribution in [0.3, 0.4) is 0 Å². The average molecular weight is 307 g/mol. The number of benzene rings is 1. The highest BCUT2D eigenvalue weighted by Crippen LogP contribution is 2.20. The Bertz CT molecular complexity index is 555. The summed E-state index contributed by atoms with van der Waals surface area (Å²) in [5.41, 5.74) is 0.464. The molecule has 6 heteroatoms. The normalized spacial score (nSPS) is 12.0. The Morgan fingerprint density at radius 2 is 1.73 bits per heavy atom. The van der Waals surface area contributed by atoms with Crippen LogP contribution < -0.4 is 4.74 Å². The van der Waals surface area contributed by atoms with E-state index in [-0.39, 0.29) is 12.4 Å². The predicted octanol–water partition coefficient (Wildman–Crippen LogP) is 3.07. The number of hydrogen-bond acceptors (Lipinski definition) is 5. The monoisotopic (exact) mass is 307 g/mol. The largest absolute Gasteiger partial charge is 0.481 e. The van der Waals surface area contributed by atoms with E-state index >= 15 is 0 Å². The van der Waals surface area contributed by atoms with E-state index in [1.165, 1.54) is 0 Å². The fourth-order valence-electron chi connectivity index (χ4n) is 1.63. The first-order chi connectivity index (χ1) is 10.2. The standard InChI is InChI=1S/C16H21NO5/c1-16(2,3)15(20)22-12-9-7-11(8-10-12)13(17-21)5-4-6-14(18)19/h7-10,21H,4-6H2,1-3H3,(H,18,19). The van der Waals surface area contributed by atoms with Crippen LogP contribution in [-0.2, 0) is 9.59 Å². The molecular weight excluding hydrogens is 286 g/mol. The molecule has 0 saturated carbocycles. The van der Waals surface area contributed by atoms with E-state index in [4.69, 9.17) is 15.1 Å². The third-order valence-electron chi connectivity index (χ3n) is 2.94. The zero-order chi connectivity index (χ0) is 16.8. The summed E-state index contributed by atoms with van der Waals surface area (Å²) in [6, 6.07) is 6.56. The van der Waals surface area contributed by atoms with Gasteiger partial charge in [-0.1, -0.05) is 5.16 Å². The first-order valence-electron chi connectivity index (χ1n) is 6.99. The van der Waals surface area contributed by atoms with Crippen molar-refractivity contribution in [3.05, 3.63) is 29.8 Å². The molecule has 1 rings (SSSR count). The van der Waals surface area contributed by atoms with Crippen molar-refractivity contribution in [1.29, 1.82) is 0 Å². The molecule has 0 amide bonds. The number of nitrogens with zero attached hydrogens (tertiary/aromatic N) is 1. The topological polar surface area (TPSA) is 96.2 Å². The summed E-state index contributed by atoms with van der Waals surface area (Å²) in [7, 11) is 0. The lowest BCUT2D eigenvalue weighted by atomic mass is 9.97. The number of carboxylic acids is 1. The van der Waals surface area contributed by atoms with Gasteiger partial charge in [-0.15, -0.1) is 0 Å². The summed E-state index contributed by atoms with van der Waals surface area (Å²) >= 11 is 0. The second kappa shape index (κ2) is 7.59. The van der Waals surface area contributed by atoms with Crippen LogP contribution in [0.1, 0.15) is 45.6 Å². The molecule has 0 atom stereocenters. The molecule has 0 fully saturated rings. The number of carboxylic acid groups (broad SMARTS) is 1. The van der Waals surface area contributed by atoms with Crippen molar-refractivity contribution in [3.63, 3.8) is 0 Å². The maximum atomic E-state index is 11.8. The molecule has 0 aromatic heterocycles. The SMILES string of the molecule is CC(C)(C)C(=O)Oc1ccc(C(CCCC(=O)O)=NO)cc1. The Hall–Kier alpha value is -2.37. The molecule has 0 heterocycles. The zero-order valence-electron chi connectivity index (χ0n) is 13.0. The molecule has 0 aliphatic heterocycles. The van der Waals surface area contributed by atoms with Crippen molar-refractivity contribution in [3.8, 4) is 5.75 Å². The number of hydrogen-bond donors (Lipinski definition) is 2. The number of ether oxygens (including phenoxy) is 1. The number of carbonyl (C=O) groups is 2. The second-order valence-electron chi connectivity index (χ2n) is 5.96. The summed E-state index contributed by atoms with van der Waals surface area (Å²) in [4.78, 5) is 22.3. The van der Waals surface area contributed by atoms with E-state index in [2.05, 4.69) is 5.16 Å². The molecule has 1 aromatic carbocycles. The fraction of sp³-hybridized carbons (Fsp3) is 0.438. The van der Waals surface area contributed by atoms with Crippen LogP contribution in [0.4, 0.5) is 0 Å². The number of aliphatic carboxylic acids is 1. The average Bonchev–Trinajstić information content (AvgIpc) is 2.43. The summed E-state index contributed by atoms with van der Waals surface area (Å²) in [6.07, 6.45) is 0.750. The van der Waals surface area contributed by atoms with Gasteiger partial charge >= 0.3 is 11.9 Å². The lowest BCUT2D eigenvalue weighted by molar-refractivity contribution is -0.143. The molecule has 6 nitrogen and oxygen atoms in total. The lowest BCUT2D eigenvalue weighted by Crippen LogP contribution is -2.25. The van der Waals surface area contributed by atoms with Gasteiger partial charge in [-0.2, -0.15) is 0 Å². The van der Waals surface area contributed by atoms with E-state index in [9.17, 15) is 9.59 Å². The lowest BCUT2D eigenvalue weighted by Gasteiger charge is -2.16. The van der Waals surface area contributed by atoms with Crippen LogP contribution in [0.5, 0.6) is 5.75 Å². The second-order valence-corrected chi connectivity index (χ2v) is 5.96. The Morgan fingerprint density at radius 1 is 1.14 bits per heavy atom. The molecule has 0 unspecified atom stereocenters. The number of oxime groups is 1. The highest BCUT2D eigenvalue weighted by Gasteiger charge is 2.23. The highest BCUT2D eigenvalue weighted by molar-refractivity contribution is 6.00. The van der Waals surface area contributed by atoms with Crippen LogP contribution in [0.25, 0.3) is 0 Å². The molecular formula is C16H21NO5. The van der Waals surface area contributed by atoms with Gasteiger partial charge in [0.15, 0.2) is 0 Å². The Balaban J connectivity index is 2.70. The van der Waals surface area contributed by atoms with Gasteiger partial charge in [0.1, 0.15) is 5.75 Å². The quantitative estimate of drug-likeness (QED) is 0.277. The van der Waals surface area contributed by atoms with Gasteiger partial charge in [-0.3, -0.25) is 9.59 Å². The van der Waals surface area contributed by atoms with Gasteiger partial charge in [-0.05, 0) is 63.4 Å². The minimum absolute atomic E-state index is 0.0142. The van der Waals surface area contributed by atoms with Gasteiger partial charge in [0.2, 0.25) is 0 Å². The first kappa shape index (κ1) is 17.7. The molecule has 1 aromatic rings. The van der Waals surface area contributed by atoms with Crippen LogP contribution in [0.2, 0.25) is 0 Å². The summed E-state index contributed by atoms with van der Waals surface area (Å²) in [5, 5.41) is 20.8. The van der Waals surface area contributed by atoms with Crippen molar-refractivity contribution >= 4 is 17.7 Å². The number of carbonyl (C=O) groups excluding carboxylic acids is 1. The van der Waals surface area contributed by atoms with Crippen molar-refractivity contribution in [2.24, 2.45) is 10.6 Å². The molecule has 0 spiro atoms. The van der Waals surface area contributed by atoms with Gasteiger partial charge in [0.05, 0.1) is 11.1 Å². The van der Waals surface area contributed by atoms with Gasteiger partial charge < -0.3 is 15.1 Å². The fourth-order valence-corrected chi connectivity index (χ4v) is 1.63. The zero-order valence-corrected chi connectivity index (χ0v) is 13.0. The third kappa shape index (κ3) is 5.55. The van der Waals surface area contributed by atoms with Crippen molar-refractivity contribution < 1.29 is 24.6 Å². The van der Waals surface area contributed by atoms with E-state index in [0.717, 1.165) is 0 Å². The van der Waals surface area contributed by atoms with E-state index in [1.54, 1.807) is 45.0 Å². The van der Waals surface area contributed by atoms with E-state index in [0.29, 0.717) is 29.9 Å².